The second-order valence-corrected chi connectivity index (χ2v) is 25.6. The van der Waals surface area contributed by atoms with Gasteiger partial charge in [-0.05, 0) is 121 Å². The van der Waals surface area contributed by atoms with Gasteiger partial charge in [0.05, 0.1) is 11.1 Å². The van der Waals surface area contributed by atoms with E-state index < -0.39 is 11.1 Å². The van der Waals surface area contributed by atoms with E-state index in [1.54, 1.807) is 62.8 Å². The van der Waals surface area contributed by atoms with Crippen LogP contribution in [0.15, 0.2) is 49.1 Å². The van der Waals surface area contributed by atoms with E-state index >= 15 is 0 Å². The minimum Gasteiger partial charge on any atom is -0.459 e. The van der Waals surface area contributed by atoms with E-state index in [4.69, 9.17) is 14.7 Å². The summed E-state index contributed by atoms with van der Waals surface area (Å²) in [5, 5.41) is 11.7. The zero-order valence-corrected chi connectivity index (χ0v) is 49.4. The highest BCUT2D eigenvalue weighted by Gasteiger charge is 2.70. The molecule has 5 saturated heterocycles. The molecular formula is C61H78N16O6. The molecule has 0 aromatic carbocycles. The summed E-state index contributed by atoms with van der Waals surface area (Å²) in [6.07, 6.45) is 20.4. The SMILES string of the molecule is Cc1cc(Nc2ncc3cc(C(=O)N(C)C)n(C4CCCC4)c3n2)ncc1C(=O)N1CC2CC3(C(=O)OC(C)(C)C)CC(C1)N23.Cc1cc(Nc2ncc3cc(C(=O)N(C)C)n(C4CCCC4)c3n2)ncc1C(=O)N1CC2CCCC(C1)N2. The smallest absolute Gasteiger partial charge is 0.327 e. The first-order valence-electron chi connectivity index (χ1n) is 29.7. The molecule has 5 aliphatic heterocycles. The van der Waals surface area contributed by atoms with E-state index in [2.05, 4.69) is 49.9 Å². The van der Waals surface area contributed by atoms with E-state index in [9.17, 15) is 24.0 Å². The van der Waals surface area contributed by atoms with Crippen LogP contribution in [-0.4, -0.2) is 183 Å². The lowest BCUT2D eigenvalue weighted by Crippen LogP contribution is -2.87. The van der Waals surface area contributed by atoms with Crippen LogP contribution in [0.5, 0.6) is 0 Å². The Kier molecular flexibility index (Phi) is 14.7. The van der Waals surface area contributed by atoms with Gasteiger partial charge in [-0.25, -0.2) is 19.9 Å². The first-order valence-corrected chi connectivity index (χ1v) is 29.7. The lowest BCUT2D eigenvalue weighted by Gasteiger charge is -2.71. The third-order valence-corrected chi connectivity index (χ3v) is 18.0. The van der Waals surface area contributed by atoms with Gasteiger partial charge in [0.25, 0.3) is 23.6 Å². The van der Waals surface area contributed by atoms with Gasteiger partial charge in [-0.1, -0.05) is 32.1 Å². The van der Waals surface area contributed by atoms with Crippen LogP contribution < -0.4 is 16.0 Å². The number of hydrogen-bond acceptors (Lipinski definition) is 16. The molecule has 22 heteroatoms. The number of nitrogens with zero attached hydrogens (tertiary/aromatic N) is 13. The van der Waals surface area contributed by atoms with Crippen molar-refractivity contribution in [2.45, 2.75) is 165 Å². The number of amides is 4. The Morgan fingerprint density at radius 3 is 1.42 bits per heavy atom. The Hall–Kier alpha value is -7.59. The highest BCUT2D eigenvalue weighted by molar-refractivity contribution is 6.00. The first-order chi connectivity index (χ1) is 39.7. The number of ether oxygens (including phenoxy) is 1. The van der Waals surface area contributed by atoms with Crippen LogP contribution in [0, 0.1) is 13.8 Å². The van der Waals surface area contributed by atoms with Crippen molar-refractivity contribution >= 4 is 75.2 Å². The van der Waals surface area contributed by atoms with E-state index in [0.717, 1.165) is 123 Å². The zero-order valence-electron chi connectivity index (χ0n) is 49.4. The number of hydrogen-bond donors (Lipinski definition) is 3. The molecule has 7 aliphatic rings. The van der Waals surface area contributed by atoms with Gasteiger partial charge < -0.3 is 49.4 Å². The number of rotatable bonds is 11. The fourth-order valence-electron chi connectivity index (χ4n) is 14.2. The van der Waals surface area contributed by atoms with Crippen LogP contribution in [0.2, 0.25) is 0 Å². The molecule has 7 fully saturated rings. The number of likely N-dealkylation sites (tertiary alicyclic amines) is 2. The molecule has 22 nitrogen and oxygen atoms in total. The van der Waals surface area contributed by atoms with Crippen molar-refractivity contribution < 1.29 is 28.7 Å². The Labute approximate surface area is 484 Å². The quantitative estimate of drug-likeness (QED) is 0.105. The third-order valence-electron chi connectivity index (χ3n) is 18.0. The number of esters is 1. The van der Waals surface area contributed by atoms with Gasteiger partial charge in [0.15, 0.2) is 0 Å². The van der Waals surface area contributed by atoms with Crippen molar-refractivity contribution in [3.8, 4) is 0 Å². The molecule has 6 aromatic rings. The normalized spacial score (nSPS) is 23.2. The summed E-state index contributed by atoms with van der Waals surface area (Å²) in [6, 6.07) is 9.11. The van der Waals surface area contributed by atoms with Crippen molar-refractivity contribution in [1.29, 1.82) is 0 Å². The van der Waals surface area contributed by atoms with E-state index in [1.807, 2.05) is 68.7 Å². The van der Waals surface area contributed by atoms with E-state index in [1.165, 1.54) is 6.42 Å². The molecule has 2 bridgehead atoms. The lowest BCUT2D eigenvalue weighted by atomic mass is 9.62. The molecule has 11 heterocycles. The van der Waals surface area contributed by atoms with Gasteiger partial charge in [-0.3, -0.25) is 28.9 Å². The van der Waals surface area contributed by atoms with Crippen molar-refractivity contribution in [3.63, 3.8) is 0 Å². The molecule has 3 N–H and O–H groups in total. The minimum atomic E-state index is -0.513. The summed E-state index contributed by atoms with van der Waals surface area (Å²) in [4.78, 5) is 103. The van der Waals surface area contributed by atoms with Crippen LogP contribution in [0.1, 0.15) is 169 Å². The van der Waals surface area contributed by atoms with Gasteiger partial charge >= 0.3 is 5.97 Å². The summed E-state index contributed by atoms with van der Waals surface area (Å²) in [5.41, 5.74) is 4.62. The summed E-state index contributed by atoms with van der Waals surface area (Å²) >= 11 is 0. The van der Waals surface area contributed by atoms with E-state index in [0.29, 0.717) is 71.2 Å². The summed E-state index contributed by atoms with van der Waals surface area (Å²) in [6.45, 7) is 12.2. The Morgan fingerprint density at radius 1 is 0.578 bits per heavy atom. The second-order valence-electron chi connectivity index (χ2n) is 25.6. The van der Waals surface area contributed by atoms with Crippen molar-refractivity contribution in [2.75, 3.05) is 65.0 Å². The predicted molar refractivity (Wildman–Crippen MR) is 314 cm³/mol. The largest absolute Gasteiger partial charge is 0.459 e. The molecular weight excluding hydrogens is 1050 g/mol. The van der Waals surface area contributed by atoms with Crippen LogP contribution >= 0.6 is 0 Å². The van der Waals surface area contributed by atoms with Crippen molar-refractivity contribution in [3.05, 3.63) is 82.7 Å². The molecule has 4 amide bonds. The number of fused-ring (bicyclic) bond motifs is 4. The zero-order chi connectivity index (χ0) is 58.2. The van der Waals surface area contributed by atoms with Crippen LogP contribution in [-0.2, 0) is 9.53 Å². The maximum Gasteiger partial charge on any atom is 0.327 e. The summed E-state index contributed by atoms with van der Waals surface area (Å²) < 4.78 is 9.89. The minimum absolute atomic E-state index is 0.0323. The van der Waals surface area contributed by atoms with Gasteiger partial charge in [-0.15, -0.1) is 0 Å². The lowest BCUT2D eigenvalue weighted by molar-refractivity contribution is -0.244. The Balaban J connectivity index is 0.000000166. The summed E-state index contributed by atoms with van der Waals surface area (Å²) in [5.74, 6) is 1.70. The molecule has 6 aromatic heterocycles. The number of aryl methyl sites for hydroxylation is 2. The van der Waals surface area contributed by atoms with Crippen LogP contribution in [0.25, 0.3) is 22.1 Å². The molecule has 4 atom stereocenters. The molecule has 2 saturated carbocycles. The Morgan fingerprint density at radius 2 is 1.01 bits per heavy atom. The second kappa shape index (κ2) is 21.9. The number of piperidine rings is 2. The molecule has 83 heavy (non-hydrogen) atoms. The van der Waals surface area contributed by atoms with Gasteiger partial charge in [-0.2, -0.15) is 9.97 Å². The molecule has 0 spiro atoms. The standard InChI is InChI=1S/C33H42N8O4.C28H36N8O2/c1-19-11-26(36-31-35-15-20-12-25(29(43)38(5)6)40(27(20)37-31)21-9-7-8-10-21)34-16-24(19)28(42)39-17-22-13-33(14-23(18-39)41(22)33)30(44)45-32(2,3)4;1-17-11-24(29-14-22(17)26(37)35-15-19-7-6-8-20(16-35)31-19)32-28-30-13-18-12-23(27(38)34(2)3)36(25(18)33-28)21-9-4-5-10-21/h11-12,15-16,21-23H,7-10,13-14,17-18H2,1-6H3,(H,34,35,36,37);11-14,19-21,31H,4-10,15-16H2,1-3H3,(H,29,30,32,33). The number of carbonyl (C=O) groups excluding carboxylic acids is 5. The maximum absolute atomic E-state index is 13.6. The Bertz CT molecular complexity index is 3510. The number of aromatic nitrogens is 8. The molecule has 438 valence electrons. The van der Waals surface area contributed by atoms with Crippen molar-refractivity contribution in [1.82, 2.24) is 68.9 Å². The topological polar surface area (TPSA) is 234 Å². The maximum atomic E-state index is 13.6. The molecule has 13 rings (SSSR count). The fraction of sp³-hybridized carbons (Fsp3) is 0.557. The molecule has 4 unspecified atom stereocenters. The number of carbonyl (C=O) groups is 5. The monoisotopic (exact) mass is 1130 g/mol. The highest BCUT2D eigenvalue weighted by Crippen LogP contribution is 2.55. The number of anilines is 4. The number of pyridine rings is 2. The average molecular weight is 1130 g/mol. The van der Waals surface area contributed by atoms with Crippen LogP contribution in [0.3, 0.4) is 0 Å². The number of piperazine rings is 2. The van der Waals surface area contributed by atoms with E-state index in [-0.39, 0.29) is 53.8 Å². The van der Waals surface area contributed by atoms with Crippen molar-refractivity contribution in [2.24, 2.45) is 0 Å². The number of nitrogens with one attached hydrogen (secondary N) is 3. The van der Waals surface area contributed by atoms with Gasteiger partial charge in [0, 0.05) is 126 Å². The van der Waals surface area contributed by atoms with Crippen LogP contribution in [0.4, 0.5) is 23.5 Å². The molecule has 0 radical (unpaired) electrons. The first kappa shape index (κ1) is 55.9. The highest BCUT2D eigenvalue weighted by atomic mass is 16.6. The van der Waals surface area contributed by atoms with Gasteiger partial charge in [0.1, 0.15) is 45.5 Å². The average Bonchev–Trinajstić information content (AvgIpc) is 1.44. The summed E-state index contributed by atoms with van der Waals surface area (Å²) in [7, 11) is 7.07. The fourth-order valence-corrected chi connectivity index (χ4v) is 14.2. The molecule has 2 aliphatic carbocycles. The third kappa shape index (κ3) is 10.6. The predicted octanol–water partition coefficient (Wildman–Crippen LogP) is 7.74. The van der Waals surface area contributed by atoms with Gasteiger partial charge in [0.2, 0.25) is 11.9 Å².